The summed E-state index contributed by atoms with van der Waals surface area (Å²) in [7, 11) is 0. The summed E-state index contributed by atoms with van der Waals surface area (Å²) < 4.78 is 0. The molecule has 3 N–H and O–H groups in total. The fraction of sp³-hybridized carbons (Fsp3) is 0.643. The third-order valence-electron chi connectivity index (χ3n) is 3.79. The van der Waals surface area contributed by atoms with Crippen LogP contribution in [0.5, 0.6) is 0 Å². The Bertz CT molecular complexity index is 504. The summed E-state index contributed by atoms with van der Waals surface area (Å²) in [4.78, 5) is 29.8. The lowest BCUT2D eigenvalue weighted by Crippen LogP contribution is -2.51. The summed E-state index contributed by atoms with van der Waals surface area (Å²) in [6, 6.07) is 0. The van der Waals surface area contributed by atoms with Gasteiger partial charge in [0.25, 0.3) is 0 Å². The molecule has 1 aliphatic rings. The number of nitrogens with zero attached hydrogens (tertiary/aromatic N) is 1. The van der Waals surface area contributed by atoms with Crippen LogP contribution >= 0.6 is 0 Å². The molecular formula is C14H21N3O3. The number of H-pyrrole nitrogens is 1. The number of nitrogens with one attached hydrogen (secondary N) is 2. The summed E-state index contributed by atoms with van der Waals surface area (Å²) in [5, 5.41) is 12.0. The van der Waals surface area contributed by atoms with E-state index in [2.05, 4.69) is 29.1 Å². The van der Waals surface area contributed by atoms with E-state index in [1.54, 1.807) is 0 Å². The van der Waals surface area contributed by atoms with Crippen molar-refractivity contribution in [1.82, 2.24) is 15.3 Å². The molecule has 0 atom stereocenters. The number of amides is 1. The first kappa shape index (κ1) is 14.6. The molecule has 0 aliphatic heterocycles. The molecular weight excluding hydrogens is 258 g/mol. The molecule has 1 saturated carbocycles. The largest absolute Gasteiger partial charge is 0.477 e. The first-order valence-corrected chi connectivity index (χ1v) is 7.03. The van der Waals surface area contributed by atoms with Crippen LogP contribution in [0.1, 0.15) is 62.3 Å². The average molecular weight is 279 g/mol. The predicted molar refractivity (Wildman–Crippen MR) is 73.3 cm³/mol. The van der Waals surface area contributed by atoms with E-state index in [4.69, 9.17) is 5.11 Å². The van der Waals surface area contributed by atoms with Crippen molar-refractivity contribution in [2.75, 3.05) is 0 Å². The van der Waals surface area contributed by atoms with Gasteiger partial charge >= 0.3 is 5.97 Å². The van der Waals surface area contributed by atoms with Crippen molar-refractivity contribution in [2.45, 2.75) is 51.5 Å². The molecule has 0 spiro atoms. The van der Waals surface area contributed by atoms with Crippen LogP contribution in [0.3, 0.4) is 0 Å². The second-order valence-corrected chi connectivity index (χ2v) is 5.87. The highest BCUT2D eigenvalue weighted by atomic mass is 16.4. The lowest BCUT2D eigenvalue weighted by Gasteiger charge is -2.40. The van der Waals surface area contributed by atoms with Crippen molar-refractivity contribution < 1.29 is 14.7 Å². The lowest BCUT2D eigenvalue weighted by atomic mass is 9.76. The summed E-state index contributed by atoms with van der Waals surface area (Å²) in [6.07, 6.45) is 5.25. The highest BCUT2D eigenvalue weighted by Crippen LogP contribution is 2.39. The maximum absolute atomic E-state index is 12.0. The van der Waals surface area contributed by atoms with E-state index in [0.717, 1.165) is 25.7 Å². The predicted octanol–water partition coefficient (Wildman–Crippen LogP) is 2.04. The number of carbonyl (C=O) groups is 2. The van der Waals surface area contributed by atoms with E-state index in [1.807, 2.05) is 0 Å². The number of aromatic nitrogens is 2. The van der Waals surface area contributed by atoms with Crippen LogP contribution in [0.4, 0.5) is 0 Å². The molecule has 1 amide bonds. The van der Waals surface area contributed by atoms with Gasteiger partial charge < -0.3 is 15.4 Å². The average Bonchev–Trinajstić information content (AvgIpc) is 2.81. The van der Waals surface area contributed by atoms with Crippen molar-refractivity contribution in [1.29, 1.82) is 0 Å². The molecule has 1 aromatic heterocycles. The van der Waals surface area contributed by atoms with Gasteiger partial charge in [-0.2, -0.15) is 0 Å². The zero-order valence-corrected chi connectivity index (χ0v) is 11.9. The molecule has 0 unspecified atom stereocenters. The molecule has 6 heteroatoms. The molecule has 0 radical (unpaired) electrons. The number of aromatic amines is 1. The minimum Gasteiger partial charge on any atom is -0.477 e. The Morgan fingerprint density at radius 3 is 2.65 bits per heavy atom. The van der Waals surface area contributed by atoms with E-state index in [0.29, 0.717) is 18.2 Å². The molecule has 20 heavy (non-hydrogen) atoms. The molecule has 1 fully saturated rings. The van der Waals surface area contributed by atoms with Gasteiger partial charge in [-0.3, -0.25) is 4.79 Å². The Hall–Kier alpha value is -1.85. The van der Waals surface area contributed by atoms with E-state index in [1.165, 1.54) is 6.20 Å². The summed E-state index contributed by atoms with van der Waals surface area (Å²) in [5.74, 6) is 0.00963. The standard InChI is InChI=1S/C14H21N3O3/c1-9(2)4-5-11(18)17-14(6-3-7-14)13-15-8-10(16-13)12(19)20/h8-9H,3-7H2,1-2H3,(H,15,16)(H,17,18)(H,19,20). The number of carboxylic acid groups (broad SMARTS) is 1. The van der Waals surface area contributed by atoms with Crippen LogP contribution in [0.25, 0.3) is 0 Å². The van der Waals surface area contributed by atoms with Crippen LogP contribution in [0, 0.1) is 5.92 Å². The third kappa shape index (κ3) is 3.00. The smallest absolute Gasteiger partial charge is 0.353 e. The maximum Gasteiger partial charge on any atom is 0.353 e. The Morgan fingerprint density at radius 1 is 1.50 bits per heavy atom. The topological polar surface area (TPSA) is 95.1 Å². The van der Waals surface area contributed by atoms with Gasteiger partial charge in [0.2, 0.25) is 5.91 Å². The molecule has 110 valence electrons. The highest BCUT2D eigenvalue weighted by molar-refractivity contribution is 5.85. The molecule has 1 heterocycles. The Kier molecular flexibility index (Phi) is 4.11. The lowest BCUT2D eigenvalue weighted by molar-refractivity contribution is -0.124. The third-order valence-corrected chi connectivity index (χ3v) is 3.79. The Balaban J connectivity index is 2.05. The molecule has 6 nitrogen and oxygen atoms in total. The quantitative estimate of drug-likeness (QED) is 0.742. The number of carbonyl (C=O) groups excluding carboxylic acids is 1. The normalized spacial score (nSPS) is 16.8. The Labute approximate surface area is 118 Å². The first-order chi connectivity index (χ1) is 9.43. The van der Waals surface area contributed by atoms with E-state index in [-0.39, 0.29) is 11.6 Å². The number of hydrogen-bond donors (Lipinski definition) is 3. The van der Waals surface area contributed by atoms with Crippen molar-refractivity contribution >= 4 is 11.9 Å². The van der Waals surface area contributed by atoms with Crippen LogP contribution in [0.15, 0.2) is 6.20 Å². The molecule has 1 aromatic rings. The van der Waals surface area contributed by atoms with Crippen molar-refractivity contribution in [3.63, 3.8) is 0 Å². The van der Waals surface area contributed by atoms with Gasteiger partial charge in [0.05, 0.1) is 11.7 Å². The van der Waals surface area contributed by atoms with E-state index in [9.17, 15) is 9.59 Å². The summed E-state index contributed by atoms with van der Waals surface area (Å²) >= 11 is 0. The highest BCUT2D eigenvalue weighted by Gasteiger charge is 2.42. The van der Waals surface area contributed by atoms with Crippen LogP contribution < -0.4 is 5.32 Å². The van der Waals surface area contributed by atoms with Gasteiger partial charge in [0.15, 0.2) is 0 Å². The van der Waals surface area contributed by atoms with Gasteiger partial charge in [-0.25, -0.2) is 9.78 Å². The summed E-state index contributed by atoms with van der Waals surface area (Å²) in [5.41, 5.74) is -0.440. The second kappa shape index (κ2) is 5.64. The number of imidazole rings is 1. The zero-order chi connectivity index (χ0) is 14.8. The van der Waals surface area contributed by atoms with Gasteiger partial charge in [-0.1, -0.05) is 13.8 Å². The SMILES string of the molecule is CC(C)CCC(=O)NC1(c2ncc(C(=O)O)[nH]2)CCC1. The zero-order valence-electron chi connectivity index (χ0n) is 11.9. The van der Waals surface area contributed by atoms with Crippen molar-refractivity contribution in [2.24, 2.45) is 5.92 Å². The number of carboxylic acids is 1. The fourth-order valence-corrected chi connectivity index (χ4v) is 2.37. The van der Waals surface area contributed by atoms with Crippen molar-refractivity contribution in [3.05, 3.63) is 17.7 Å². The van der Waals surface area contributed by atoms with Crippen LogP contribution in [0.2, 0.25) is 0 Å². The minimum absolute atomic E-state index is 0.00618. The number of aromatic carboxylic acids is 1. The molecule has 0 saturated heterocycles. The second-order valence-electron chi connectivity index (χ2n) is 5.87. The first-order valence-electron chi connectivity index (χ1n) is 7.03. The monoisotopic (exact) mass is 279 g/mol. The summed E-state index contributed by atoms with van der Waals surface area (Å²) in [6.45, 7) is 4.16. The molecule has 1 aliphatic carbocycles. The maximum atomic E-state index is 12.0. The van der Waals surface area contributed by atoms with Gasteiger partial charge in [0, 0.05) is 6.42 Å². The molecule has 2 rings (SSSR count). The van der Waals surface area contributed by atoms with E-state index < -0.39 is 11.5 Å². The minimum atomic E-state index is -1.04. The van der Waals surface area contributed by atoms with Crippen molar-refractivity contribution in [3.8, 4) is 0 Å². The van der Waals surface area contributed by atoms with Crippen LogP contribution in [-0.4, -0.2) is 27.0 Å². The molecule has 0 aromatic carbocycles. The van der Waals surface area contributed by atoms with Gasteiger partial charge in [-0.15, -0.1) is 0 Å². The number of rotatable bonds is 6. The Morgan fingerprint density at radius 2 is 2.20 bits per heavy atom. The molecule has 0 bridgehead atoms. The van der Waals surface area contributed by atoms with Crippen LogP contribution in [-0.2, 0) is 10.3 Å². The fourth-order valence-electron chi connectivity index (χ4n) is 2.37. The van der Waals surface area contributed by atoms with E-state index >= 15 is 0 Å². The van der Waals surface area contributed by atoms with Gasteiger partial charge in [-0.05, 0) is 31.6 Å². The number of hydrogen-bond acceptors (Lipinski definition) is 3. The van der Waals surface area contributed by atoms with Gasteiger partial charge in [0.1, 0.15) is 11.5 Å².